The summed E-state index contributed by atoms with van der Waals surface area (Å²) in [5.74, 6) is 0.617. The van der Waals surface area contributed by atoms with Crippen LogP contribution in [0.1, 0.15) is 26.7 Å². The Hall–Kier alpha value is -0.830. The summed E-state index contributed by atoms with van der Waals surface area (Å²) in [6.07, 6.45) is 3.24. The quantitative estimate of drug-likeness (QED) is 0.656. The molecule has 0 heterocycles. The number of carbonyl (C=O) groups excluding carboxylic acids is 1. The maximum atomic E-state index is 11.6. The summed E-state index contributed by atoms with van der Waals surface area (Å²) in [6, 6.07) is -0.426. The molecule has 3 heteroatoms. The molecule has 0 radical (unpaired) electrons. The van der Waals surface area contributed by atoms with Crippen LogP contribution in [0.4, 0.5) is 0 Å². The van der Waals surface area contributed by atoms with E-state index in [-0.39, 0.29) is 5.91 Å². The third kappa shape index (κ3) is 5.02. The molecule has 0 saturated heterocycles. The van der Waals surface area contributed by atoms with Crippen LogP contribution in [0.5, 0.6) is 0 Å². The van der Waals surface area contributed by atoms with Crippen molar-refractivity contribution in [3.63, 3.8) is 0 Å². The van der Waals surface area contributed by atoms with Crippen LogP contribution in [0, 0.1) is 5.92 Å². The fraction of sp³-hybridized carbons (Fsp3) is 0.727. The lowest BCUT2D eigenvalue weighted by Crippen LogP contribution is -2.42. The number of hydrogen-bond donors (Lipinski definition) is 1. The van der Waals surface area contributed by atoms with Crippen molar-refractivity contribution in [2.45, 2.75) is 32.7 Å². The van der Waals surface area contributed by atoms with Crippen LogP contribution in [-0.2, 0) is 4.79 Å². The average molecular weight is 198 g/mol. The Kier molecular flexibility index (Phi) is 6.21. The maximum absolute atomic E-state index is 11.6. The third-order valence-corrected chi connectivity index (χ3v) is 2.16. The highest BCUT2D eigenvalue weighted by atomic mass is 16.2. The zero-order chi connectivity index (χ0) is 11.1. The van der Waals surface area contributed by atoms with Crippen molar-refractivity contribution < 1.29 is 4.79 Å². The van der Waals surface area contributed by atoms with Crippen LogP contribution in [0.15, 0.2) is 12.7 Å². The number of nitrogens with two attached hydrogens (primary N) is 1. The van der Waals surface area contributed by atoms with Crippen LogP contribution in [0.3, 0.4) is 0 Å². The van der Waals surface area contributed by atoms with E-state index in [1.165, 1.54) is 0 Å². The molecular formula is C11H22N2O. The van der Waals surface area contributed by atoms with Crippen molar-refractivity contribution in [1.82, 2.24) is 4.90 Å². The molecule has 14 heavy (non-hydrogen) atoms. The van der Waals surface area contributed by atoms with Gasteiger partial charge >= 0.3 is 0 Å². The summed E-state index contributed by atoms with van der Waals surface area (Å²) in [7, 11) is 1.80. The largest absolute Gasteiger partial charge is 0.344 e. The van der Waals surface area contributed by atoms with Gasteiger partial charge in [-0.2, -0.15) is 0 Å². The van der Waals surface area contributed by atoms with E-state index in [1.54, 1.807) is 18.0 Å². The molecule has 0 saturated carbocycles. The molecule has 0 bridgehead atoms. The van der Waals surface area contributed by atoms with Gasteiger partial charge in [0.2, 0.25) is 5.91 Å². The van der Waals surface area contributed by atoms with Gasteiger partial charge in [0.15, 0.2) is 0 Å². The molecule has 1 atom stereocenters. The lowest BCUT2D eigenvalue weighted by molar-refractivity contribution is -0.131. The first kappa shape index (κ1) is 13.2. The second-order valence-electron chi connectivity index (χ2n) is 4.07. The normalized spacial score (nSPS) is 12.6. The van der Waals surface area contributed by atoms with Gasteiger partial charge in [-0.1, -0.05) is 19.9 Å². The number of hydrogen-bond acceptors (Lipinski definition) is 2. The Morgan fingerprint density at radius 3 is 2.57 bits per heavy atom. The van der Waals surface area contributed by atoms with Gasteiger partial charge in [0, 0.05) is 13.6 Å². The molecule has 0 spiro atoms. The summed E-state index contributed by atoms with van der Waals surface area (Å²) >= 11 is 0. The summed E-state index contributed by atoms with van der Waals surface area (Å²) in [6.45, 7) is 8.63. The molecule has 0 aromatic heterocycles. The molecule has 0 aromatic carbocycles. The van der Waals surface area contributed by atoms with Crippen LogP contribution in [0.25, 0.3) is 0 Å². The van der Waals surface area contributed by atoms with E-state index in [1.807, 2.05) is 0 Å². The second-order valence-corrected chi connectivity index (χ2v) is 4.07. The van der Waals surface area contributed by atoms with Gasteiger partial charge in [-0.3, -0.25) is 4.79 Å². The van der Waals surface area contributed by atoms with Crippen LogP contribution in [0.2, 0.25) is 0 Å². The third-order valence-electron chi connectivity index (χ3n) is 2.16. The number of amides is 1. The molecule has 1 unspecified atom stereocenters. The first-order chi connectivity index (χ1) is 6.49. The first-order valence-electron chi connectivity index (χ1n) is 5.10. The highest BCUT2D eigenvalue weighted by Gasteiger charge is 2.16. The van der Waals surface area contributed by atoms with E-state index in [0.717, 1.165) is 13.0 Å². The monoisotopic (exact) mass is 198 g/mol. The van der Waals surface area contributed by atoms with E-state index >= 15 is 0 Å². The molecule has 0 aliphatic rings. The zero-order valence-corrected chi connectivity index (χ0v) is 9.49. The van der Waals surface area contributed by atoms with E-state index in [2.05, 4.69) is 20.4 Å². The molecule has 3 nitrogen and oxygen atoms in total. The Labute approximate surface area is 87.0 Å². The van der Waals surface area contributed by atoms with Crippen molar-refractivity contribution in [2.24, 2.45) is 11.7 Å². The molecule has 82 valence electrons. The van der Waals surface area contributed by atoms with Crippen LogP contribution in [-0.4, -0.2) is 30.4 Å². The second kappa shape index (κ2) is 6.60. The molecule has 2 N–H and O–H groups in total. The van der Waals surface area contributed by atoms with Crippen LogP contribution >= 0.6 is 0 Å². The summed E-state index contributed by atoms with van der Waals surface area (Å²) in [4.78, 5) is 13.3. The van der Waals surface area contributed by atoms with Gasteiger partial charge in [-0.25, -0.2) is 0 Å². The van der Waals surface area contributed by atoms with Crippen molar-refractivity contribution in [3.05, 3.63) is 12.7 Å². The van der Waals surface area contributed by atoms with E-state index in [4.69, 9.17) is 5.73 Å². The van der Waals surface area contributed by atoms with Gasteiger partial charge in [-0.15, -0.1) is 6.58 Å². The predicted octanol–water partition coefficient (Wildman–Crippen LogP) is 1.39. The molecule has 0 fully saturated rings. The van der Waals surface area contributed by atoms with E-state index in [9.17, 15) is 4.79 Å². The van der Waals surface area contributed by atoms with Crippen molar-refractivity contribution in [2.75, 3.05) is 13.6 Å². The minimum absolute atomic E-state index is 0.00514. The zero-order valence-electron chi connectivity index (χ0n) is 9.49. The Balaban J connectivity index is 3.91. The number of carbonyl (C=O) groups is 1. The fourth-order valence-corrected chi connectivity index (χ4v) is 1.13. The SMILES string of the molecule is C=CCC(N)C(=O)N(C)CCC(C)C. The summed E-state index contributed by atoms with van der Waals surface area (Å²) in [5, 5.41) is 0. The molecule has 0 aromatic rings. The minimum atomic E-state index is -0.426. The van der Waals surface area contributed by atoms with Gasteiger partial charge in [0.05, 0.1) is 6.04 Å². The number of rotatable bonds is 6. The Bertz CT molecular complexity index is 190. The molecule has 0 rings (SSSR count). The van der Waals surface area contributed by atoms with Crippen LogP contribution < -0.4 is 5.73 Å². The fourth-order valence-electron chi connectivity index (χ4n) is 1.13. The van der Waals surface area contributed by atoms with Crippen molar-refractivity contribution in [3.8, 4) is 0 Å². The van der Waals surface area contributed by atoms with Crippen molar-refractivity contribution >= 4 is 5.91 Å². The van der Waals surface area contributed by atoms with Crippen molar-refractivity contribution in [1.29, 1.82) is 0 Å². The Morgan fingerprint density at radius 1 is 1.57 bits per heavy atom. The number of likely N-dealkylation sites (N-methyl/N-ethyl adjacent to an activating group) is 1. The molecular weight excluding hydrogens is 176 g/mol. The Morgan fingerprint density at radius 2 is 2.14 bits per heavy atom. The maximum Gasteiger partial charge on any atom is 0.239 e. The summed E-state index contributed by atoms with van der Waals surface area (Å²) < 4.78 is 0. The molecule has 1 amide bonds. The van der Waals surface area contributed by atoms with E-state index < -0.39 is 6.04 Å². The minimum Gasteiger partial charge on any atom is -0.344 e. The smallest absolute Gasteiger partial charge is 0.239 e. The number of nitrogens with zero attached hydrogens (tertiary/aromatic N) is 1. The lowest BCUT2D eigenvalue weighted by atomic mass is 10.1. The van der Waals surface area contributed by atoms with Gasteiger partial charge in [0.1, 0.15) is 0 Å². The lowest BCUT2D eigenvalue weighted by Gasteiger charge is -2.21. The topological polar surface area (TPSA) is 46.3 Å². The van der Waals surface area contributed by atoms with Gasteiger partial charge in [-0.05, 0) is 18.8 Å². The molecule has 0 aliphatic heterocycles. The van der Waals surface area contributed by atoms with E-state index in [0.29, 0.717) is 12.3 Å². The first-order valence-corrected chi connectivity index (χ1v) is 5.10. The highest BCUT2D eigenvalue weighted by molar-refractivity contribution is 5.81. The van der Waals surface area contributed by atoms with Gasteiger partial charge in [0.25, 0.3) is 0 Å². The van der Waals surface area contributed by atoms with Gasteiger partial charge < -0.3 is 10.6 Å². The molecule has 0 aliphatic carbocycles. The summed E-state index contributed by atoms with van der Waals surface area (Å²) in [5.41, 5.74) is 5.67. The highest BCUT2D eigenvalue weighted by Crippen LogP contribution is 2.02. The predicted molar refractivity (Wildman–Crippen MR) is 59.9 cm³/mol. The standard InChI is InChI=1S/C11H22N2O/c1-5-6-10(12)11(14)13(4)8-7-9(2)3/h5,9-10H,1,6-8,12H2,2-4H3. The average Bonchev–Trinajstić information content (AvgIpc) is 2.13.